The molecule has 7 rings (SSSR count). The summed E-state index contributed by atoms with van der Waals surface area (Å²) in [4.78, 5) is 73.8. The van der Waals surface area contributed by atoms with Gasteiger partial charge in [-0.3, -0.25) is 23.9 Å². The lowest BCUT2D eigenvalue weighted by Crippen LogP contribution is -2.49. The quantitative estimate of drug-likeness (QED) is 0.206. The van der Waals surface area contributed by atoms with Gasteiger partial charge in [-0.05, 0) is 86.3 Å². The van der Waals surface area contributed by atoms with E-state index >= 15 is 0 Å². The Kier molecular flexibility index (Phi) is 10.9. The van der Waals surface area contributed by atoms with Crippen molar-refractivity contribution in [1.82, 2.24) is 19.1 Å². The SMILES string of the molecule is C=C[C@@H]1C[C@]1(CC(=O)[C@@H]1C[C@@H](OC(=O)n2c3ccc(Cl)cc3c3cc(Cl)ccc32)CN1C(=O)[C@@H](CC(=O)N1CCCCC1)C(C)(C)C)C(=O)NS(=O)(=O)C1CC1. The Hall–Kier alpha value is -3.94. The Labute approximate surface area is 336 Å². The predicted octanol–water partition coefficient (Wildman–Crippen LogP) is 6.88. The number of hydrogen-bond acceptors (Lipinski definition) is 8. The molecule has 1 aromatic heterocycles. The van der Waals surface area contributed by atoms with E-state index in [4.69, 9.17) is 27.9 Å². The fourth-order valence-corrected chi connectivity index (χ4v) is 10.2. The molecular formula is C41H48Cl2N4O8S. The number of piperidine rings is 1. The number of halogens is 2. The van der Waals surface area contributed by atoms with Crippen molar-refractivity contribution in [2.24, 2.45) is 22.7 Å². The van der Waals surface area contributed by atoms with E-state index in [9.17, 15) is 32.4 Å². The zero-order valence-corrected chi connectivity index (χ0v) is 34.2. The summed E-state index contributed by atoms with van der Waals surface area (Å²) in [5.74, 6) is -3.03. The molecule has 0 spiro atoms. The van der Waals surface area contributed by atoms with Crippen molar-refractivity contribution >= 4 is 84.6 Å². The summed E-state index contributed by atoms with van der Waals surface area (Å²) < 4.78 is 35.3. The molecule has 0 bridgehead atoms. The van der Waals surface area contributed by atoms with Crippen molar-refractivity contribution in [1.29, 1.82) is 0 Å². The molecule has 2 aliphatic carbocycles. The number of carbonyl (C=O) groups excluding carboxylic acids is 5. The van der Waals surface area contributed by atoms with E-state index in [1.807, 2.05) is 20.8 Å². The Morgan fingerprint density at radius 1 is 0.982 bits per heavy atom. The highest BCUT2D eigenvalue weighted by Crippen LogP contribution is 2.57. The molecule has 2 saturated carbocycles. The van der Waals surface area contributed by atoms with Crippen LogP contribution in [0.2, 0.25) is 10.0 Å². The van der Waals surface area contributed by atoms with Gasteiger partial charge in [-0.25, -0.2) is 17.8 Å². The third-order valence-corrected chi connectivity index (χ3v) is 14.3. The summed E-state index contributed by atoms with van der Waals surface area (Å²) >= 11 is 12.7. The normalized spacial score (nSPS) is 24.6. The van der Waals surface area contributed by atoms with Gasteiger partial charge in [0.25, 0.3) is 0 Å². The first-order valence-corrected chi connectivity index (χ1v) is 21.6. The Bertz CT molecular complexity index is 2180. The van der Waals surface area contributed by atoms with Gasteiger partial charge in [-0.15, -0.1) is 6.58 Å². The lowest BCUT2D eigenvalue weighted by atomic mass is 9.77. The monoisotopic (exact) mass is 826 g/mol. The molecule has 4 aliphatic rings. The lowest BCUT2D eigenvalue weighted by molar-refractivity contribution is -0.148. The van der Waals surface area contributed by atoms with Crippen molar-refractivity contribution in [2.45, 2.75) is 96.0 Å². The number of benzene rings is 2. The molecule has 3 aromatic rings. The van der Waals surface area contributed by atoms with Crippen LogP contribution in [0.25, 0.3) is 21.8 Å². The van der Waals surface area contributed by atoms with Gasteiger partial charge >= 0.3 is 6.09 Å². The number of aromatic nitrogens is 1. The van der Waals surface area contributed by atoms with E-state index in [-0.39, 0.29) is 38.1 Å². The minimum Gasteiger partial charge on any atom is -0.444 e. The van der Waals surface area contributed by atoms with Crippen LogP contribution >= 0.6 is 23.2 Å². The van der Waals surface area contributed by atoms with Gasteiger partial charge < -0.3 is 14.5 Å². The fourth-order valence-electron chi connectivity index (χ4n) is 8.51. The van der Waals surface area contributed by atoms with Crippen molar-refractivity contribution in [3.8, 4) is 0 Å². The lowest BCUT2D eigenvalue weighted by Gasteiger charge is -2.36. The number of allylic oxidation sites excluding steroid dienone is 1. The van der Waals surface area contributed by atoms with Crippen LogP contribution in [-0.2, 0) is 33.9 Å². The third kappa shape index (κ3) is 7.83. The van der Waals surface area contributed by atoms with Crippen LogP contribution in [0.3, 0.4) is 0 Å². The smallest absolute Gasteiger partial charge is 0.419 e. The molecule has 0 unspecified atom stereocenters. The summed E-state index contributed by atoms with van der Waals surface area (Å²) in [6, 6.07) is 9.09. The van der Waals surface area contributed by atoms with E-state index in [2.05, 4.69) is 11.3 Å². The van der Waals surface area contributed by atoms with Gasteiger partial charge in [-0.2, -0.15) is 0 Å². The molecule has 12 nitrogen and oxygen atoms in total. The molecule has 2 aromatic carbocycles. The highest BCUT2D eigenvalue weighted by Gasteiger charge is 2.61. The van der Waals surface area contributed by atoms with Crippen LogP contribution < -0.4 is 4.72 Å². The Morgan fingerprint density at radius 2 is 1.59 bits per heavy atom. The maximum Gasteiger partial charge on any atom is 0.419 e. The molecule has 5 atom stereocenters. The first-order chi connectivity index (χ1) is 26.4. The average molecular weight is 828 g/mol. The van der Waals surface area contributed by atoms with Crippen LogP contribution in [0.1, 0.15) is 78.6 Å². The maximum atomic E-state index is 14.8. The summed E-state index contributed by atoms with van der Waals surface area (Å²) in [7, 11) is -3.89. The second kappa shape index (κ2) is 15.1. The fraction of sp³-hybridized carbons (Fsp3) is 0.537. The topological polar surface area (TPSA) is 152 Å². The molecule has 15 heteroatoms. The van der Waals surface area contributed by atoms with Gasteiger partial charge in [-0.1, -0.05) is 50.0 Å². The number of fused-ring (bicyclic) bond motifs is 3. The largest absolute Gasteiger partial charge is 0.444 e. The molecular weight excluding hydrogens is 779 g/mol. The standard InChI is InChI=1S/C41H48Cl2N4O8S/c1-5-24-21-41(24,38(51)44-56(53,54)28-11-12-28)22-35(48)34-19-27(23-46(34)37(50)31(40(2,3)4)20-36(49)45-15-7-6-8-16-45)55-39(52)47-32-13-9-25(42)17-29(32)30-18-26(43)10-14-33(30)47/h5,9-10,13-14,17-18,24,27-28,31,34H,1,6-8,11-12,15-16,19-23H2,2-4H3,(H,44,51)/t24-,27-,31-,34+,41-/m1/s1. The number of likely N-dealkylation sites (tertiary alicyclic amines) is 2. The average Bonchev–Trinajstić information content (AvgIpc) is 4.06. The first kappa shape index (κ1) is 40.3. The van der Waals surface area contributed by atoms with Crippen LogP contribution in [0.4, 0.5) is 4.79 Å². The van der Waals surface area contributed by atoms with Gasteiger partial charge in [0.2, 0.25) is 27.7 Å². The van der Waals surface area contributed by atoms with E-state index < -0.39 is 73.8 Å². The van der Waals surface area contributed by atoms with Crippen LogP contribution in [0.15, 0.2) is 49.1 Å². The second-order valence-electron chi connectivity index (χ2n) is 17.0. The van der Waals surface area contributed by atoms with E-state index in [1.165, 1.54) is 9.47 Å². The number of ether oxygens (including phenoxy) is 1. The minimum absolute atomic E-state index is 0.0550. The molecule has 4 fully saturated rings. The van der Waals surface area contributed by atoms with E-state index in [0.29, 0.717) is 57.8 Å². The Balaban J connectivity index is 1.19. The molecule has 2 aliphatic heterocycles. The number of nitrogens with zero attached hydrogens (tertiary/aromatic N) is 3. The number of hydrogen-bond donors (Lipinski definition) is 1. The number of sulfonamides is 1. The van der Waals surface area contributed by atoms with Crippen molar-refractivity contribution in [3.63, 3.8) is 0 Å². The maximum absolute atomic E-state index is 14.8. The number of carbonyl (C=O) groups is 5. The van der Waals surface area contributed by atoms with Gasteiger partial charge in [0.1, 0.15) is 6.10 Å². The molecule has 56 heavy (non-hydrogen) atoms. The predicted molar refractivity (Wildman–Crippen MR) is 214 cm³/mol. The number of rotatable bonds is 11. The molecule has 3 heterocycles. The van der Waals surface area contributed by atoms with Gasteiger partial charge in [0, 0.05) is 53.2 Å². The summed E-state index contributed by atoms with van der Waals surface area (Å²) in [5, 5.41) is 1.67. The van der Waals surface area contributed by atoms with Crippen LogP contribution in [0, 0.1) is 22.7 Å². The highest BCUT2D eigenvalue weighted by molar-refractivity contribution is 7.90. The van der Waals surface area contributed by atoms with E-state index in [0.717, 1.165) is 19.3 Å². The third-order valence-electron chi connectivity index (χ3n) is 12.0. The molecule has 2 saturated heterocycles. The van der Waals surface area contributed by atoms with Gasteiger partial charge in [0.15, 0.2) is 5.78 Å². The second-order valence-corrected chi connectivity index (χ2v) is 19.8. The number of nitrogens with one attached hydrogen (secondary N) is 1. The number of ketones is 1. The minimum atomic E-state index is -3.89. The van der Waals surface area contributed by atoms with E-state index in [1.54, 1.807) is 47.4 Å². The molecule has 1 N–H and O–H groups in total. The number of amides is 3. The molecule has 300 valence electrons. The highest BCUT2D eigenvalue weighted by atomic mass is 35.5. The van der Waals surface area contributed by atoms with Crippen LogP contribution in [-0.4, -0.2) is 89.4 Å². The summed E-state index contributed by atoms with van der Waals surface area (Å²) in [5.41, 5.74) is -0.974. The summed E-state index contributed by atoms with van der Waals surface area (Å²) in [6.45, 7) is 10.6. The molecule has 0 radical (unpaired) electrons. The van der Waals surface area contributed by atoms with Crippen molar-refractivity contribution in [2.75, 3.05) is 19.6 Å². The van der Waals surface area contributed by atoms with Crippen molar-refractivity contribution in [3.05, 3.63) is 59.1 Å². The Morgan fingerprint density at radius 3 is 2.12 bits per heavy atom. The van der Waals surface area contributed by atoms with Gasteiger partial charge in [0.05, 0.1) is 40.2 Å². The zero-order chi connectivity index (χ0) is 40.3. The summed E-state index contributed by atoms with van der Waals surface area (Å²) in [6.07, 6.45) is 3.41. The number of Topliss-reactive ketones (excluding diaryl/α,β-unsaturated/α-hetero) is 1. The first-order valence-electron chi connectivity index (χ1n) is 19.3. The van der Waals surface area contributed by atoms with Crippen LogP contribution in [0.5, 0.6) is 0 Å². The zero-order valence-electron chi connectivity index (χ0n) is 31.9. The van der Waals surface area contributed by atoms with Crippen molar-refractivity contribution < 1.29 is 37.1 Å². The molecule has 3 amide bonds.